The van der Waals surface area contributed by atoms with E-state index in [1.165, 1.54) is 0 Å². The summed E-state index contributed by atoms with van der Waals surface area (Å²) >= 11 is 0. The summed E-state index contributed by atoms with van der Waals surface area (Å²) in [6.45, 7) is 4.82. The summed E-state index contributed by atoms with van der Waals surface area (Å²) in [7, 11) is 0. The van der Waals surface area contributed by atoms with Crippen LogP contribution in [-0.4, -0.2) is 54.2 Å². The summed E-state index contributed by atoms with van der Waals surface area (Å²) in [5.74, 6) is -1.36. The fraction of sp³-hybridized carbons (Fsp3) is 0.800. The van der Waals surface area contributed by atoms with Crippen molar-refractivity contribution in [3.63, 3.8) is 0 Å². The van der Waals surface area contributed by atoms with E-state index in [0.717, 1.165) is 0 Å². The van der Waals surface area contributed by atoms with Gasteiger partial charge in [0, 0.05) is 13.1 Å². The van der Waals surface area contributed by atoms with Crippen LogP contribution in [0.4, 0.5) is 0 Å². The van der Waals surface area contributed by atoms with Crippen LogP contribution < -0.4 is 5.73 Å². The quantitative estimate of drug-likeness (QED) is 0.665. The Morgan fingerprint density at radius 1 is 1.56 bits per heavy atom. The summed E-state index contributed by atoms with van der Waals surface area (Å²) in [5.41, 5.74) is 4.35. The number of aliphatic carboxylic acids is 1. The molecule has 92 valence electrons. The van der Waals surface area contributed by atoms with E-state index in [1.54, 1.807) is 18.7 Å². The molecule has 1 aliphatic heterocycles. The van der Waals surface area contributed by atoms with Gasteiger partial charge in [0.25, 0.3) is 0 Å². The minimum absolute atomic E-state index is 0.241. The Balaban J connectivity index is 2.70. The van der Waals surface area contributed by atoms with Crippen LogP contribution in [0.3, 0.4) is 0 Å². The van der Waals surface area contributed by atoms with Crippen LogP contribution in [0, 0.1) is 5.41 Å². The number of hydrogen-bond donors (Lipinski definition) is 2. The van der Waals surface area contributed by atoms with E-state index in [0.29, 0.717) is 19.7 Å². The number of hydrogen-bond acceptors (Lipinski definition) is 4. The number of primary amides is 1. The number of nitrogens with two attached hydrogens (primary N) is 1. The molecular weight excluding hydrogens is 212 g/mol. The second-order valence-electron chi connectivity index (χ2n) is 4.65. The van der Waals surface area contributed by atoms with E-state index in [2.05, 4.69) is 0 Å². The van der Waals surface area contributed by atoms with Crippen LogP contribution in [0.15, 0.2) is 0 Å². The molecule has 1 saturated heterocycles. The zero-order valence-corrected chi connectivity index (χ0v) is 9.60. The molecule has 0 aliphatic carbocycles. The lowest BCUT2D eigenvalue weighted by atomic mass is 9.92. The van der Waals surface area contributed by atoms with Gasteiger partial charge in [-0.15, -0.1) is 0 Å². The number of morpholine rings is 1. The number of nitrogens with zero attached hydrogens (tertiary/aromatic N) is 1. The van der Waals surface area contributed by atoms with Crippen LogP contribution in [0.5, 0.6) is 0 Å². The number of ether oxygens (including phenoxy) is 1. The highest BCUT2D eigenvalue weighted by atomic mass is 16.5. The number of carboxylic acids is 1. The first kappa shape index (κ1) is 12.9. The van der Waals surface area contributed by atoms with Gasteiger partial charge >= 0.3 is 5.97 Å². The molecule has 1 aliphatic rings. The Labute approximate surface area is 94.3 Å². The Morgan fingerprint density at radius 3 is 2.69 bits per heavy atom. The molecule has 1 fully saturated rings. The van der Waals surface area contributed by atoms with Crippen molar-refractivity contribution in [1.29, 1.82) is 0 Å². The van der Waals surface area contributed by atoms with Crippen molar-refractivity contribution in [2.24, 2.45) is 11.1 Å². The summed E-state index contributed by atoms with van der Waals surface area (Å²) in [5, 5.41) is 9.02. The van der Waals surface area contributed by atoms with E-state index in [9.17, 15) is 9.59 Å². The topological polar surface area (TPSA) is 92.9 Å². The molecule has 0 radical (unpaired) electrons. The molecule has 0 aromatic rings. The van der Waals surface area contributed by atoms with E-state index >= 15 is 0 Å². The van der Waals surface area contributed by atoms with Crippen molar-refractivity contribution in [2.45, 2.75) is 19.9 Å². The van der Waals surface area contributed by atoms with Crippen molar-refractivity contribution < 1.29 is 19.4 Å². The predicted molar refractivity (Wildman–Crippen MR) is 56.8 cm³/mol. The molecule has 1 amide bonds. The first-order valence-corrected chi connectivity index (χ1v) is 5.19. The number of carbonyl (C=O) groups is 2. The Bertz CT molecular complexity index is 291. The maximum Gasteiger partial charge on any atom is 0.310 e. The number of amides is 1. The standard InChI is InChI=1S/C10H18N2O4/c1-10(2,9(14)15)6-12-3-4-16-5-7(12)8(11)13/h7H,3-6H2,1-2H3,(H2,11,13)(H,14,15). The molecule has 0 aromatic carbocycles. The molecule has 0 aromatic heterocycles. The number of carbonyl (C=O) groups excluding carboxylic acids is 1. The first-order valence-electron chi connectivity index (χ1n) is 5.19. The van der Waals surface area contributed by atoms with Gasteiger partial charge in [0.05, 0.1) is 18.6 Å². The Hall–Kier alpha value is -1.14. The van der Waals surface area contributed by atoms with Crippen molar-refractivity contribution in [3.8, 4) is 0 Å². The second kappa shape index (κ2) is 4.80. The molecule has 1 atom stereocenters. The molecule has 0 bridgehead atoms. The van der Waals surface area contributed by atoms with Gasteiger partial charge in [-0.05, 0) is 13.8 Å². The van der Waals surface area contributed by atoms with E-state index in [1.807, 2.05) is 0 Å². The average molecular weight is 230 g/mol. The number of carboxylic acid groups (broad SMARTS) is 1. The highest BCUT2D eigenvalue weighted by Crippen LogP contribution is 2.20. The summed E-state index contributed by atoms with van der Waals surface area (Å²) < 4.78 is 5.16. The van der Waals surface area contributed by atoms with Gasteiger partial charge in [-0.2, -0.15) is 0 Å². The second-order valence-corrected chi connectivity index (χ2v) is 4.65. The minimum Gasteiger partial charge on any atom is -0.481 e. The maximum absolute atomic E-state index is 11.2. The molecule has 6 heteroatoms. The molecule has 1 unspecified atom stereocenters. The van der Waals surface area contributed by atoms with Crippen LogP contribution in [0.2, 0.25) is 0 Å². The summed E-state index contributed by atoms with van der Waals surface area (Å²) in [4.78, 5) is 23.9. The normalized spacial score (nSPS) is 23.0. The maximum atomic E-state index is 11.2. The predicted octanol–water partition coefficient (Wildman–Crippen LogP) is -0.717. The summed E-state index contributed by atoms with van der Waals surface area (Å²) in [6.07, 6.45) is 0. The highest BCUT2D eigenvalue weighted by molar-refractivity contribution is 5.80. The minimum atomic E-state index is -0.898. The number of rotatable bonds is 4. The Kier molecular flexibility index (Phi) is 3.88. The van der Waals surface area contributed by atoms with Gasteiger partial charge in [0.15, 0.2) is 0 Å². The van der Waals surface area contributed by atoms with Crippen molar-refractivity contribution >= 4 is 11.9 Å². The third-order valence-electron chi connectivity index (χ3n) is 2.75. The zero-order valence-electron chi connectivity index (χ0n) is 9.60. The molecule has 16 heavy (non-hydrogen) atoms. The van der Waals surface area contributed by atoms with Crippen LogP contribution in [-0.2, 0) is 14.3 Å². The lowest BCUT2D eigenvalue weighted by Crippen LogP contribution is -2.55. The van der Waals surface area contributed by atoms with E-state index in [4.69, 9.17) is 15.6 Å². The fourth-order valence-electron chi connectivity index (χ4n) is 1.66. The first-order chi connectivity index (χ1) is 7.34. The lowest BCUT2D eigenvalue weighted by molar-refractivity contribution is -0.151. The molecule has 3 N–H and O–H groups in total. The smallest absolute Gasteiger partial charge is 0.310 e. The largest absolute Gasteiger partial charge is 0.481 e. The molecule has 0 spiro atoms. The average Bonchev–Trinajstić information content (AvgIpc) is 2.17. The zero-order chi connectivity index (χ0) is 12.3. The van der Waals surface area contributed by atoms with Crippen LogP contribution in [0.25, 0.3) is 0 Å². The van der Waals surface area contributed by atoms with Crippen LogP contribution in [0.1, 0.15) is 13.8 Å². The lowest BCUT2D eigenvalue weighted by Gasteiger charge is -2.37. The van der Waals surface area contributed by atoms with Gasteiger partial charge in [0.1, 0.15) is 6.04 Å². The van der Waals surface area contributed by atoms with Crippen molar-refractivity contribution in [2.75, 3.05) is 26.3 Å². The Morgan fingerprint density at radius 2 is 2.19 bits per heavy atom. The van der Waals surface area contributed by atoms with Gasteiger partial charge in [-0.1, -0.05) is 0 Å². The third-order valence-corrected chi connectivity index (χ3v) is 2.75. The molecule has 1 rings (SSSR count). The van der Waals surface area contributed by atoms with E-state index in [-0.39, 0.29) is 6.61 Å². The van der Waals surface area contributed by atoms with Gasteiger partial charge in [-0.3, -0.25) is 14.5 Å². The van der Waals surface area contributed by atoms with Gasteiger partial charge in [-0.25, -0.2) is 0 Å². The van der Waals surface area contributed by atoms with E-state index < -0.39 is 23.3 Å². The third kappa shape index (κ3) is 2.93. The highest BCUT2D eigenvalue weighted by Gasteiger charge is 2.35. The summed E-state index contributed by atoms with van der Waals surface area (Å²) in [6, 6.07) is -0.521. The SMILES string of the molecule is CC(C)(CN1CCOCC1C(N)=O)C(=O)O. The van der Waals surface area contributed by atoms with Crippen LogP contribution >= 0.6 is 0 Å². The molecule has 0 saturated carbocycles. The molecule has 1 heterocycles. The van der Waals surface area contributed by atoms with Gasteiger partial charge < -0.3 is 15.6 Å². The van der Waals surface area contributed by atoms with Gasteiger partial charge in [0.2, 0.25) is 5.91 Å². The van der Waals surface area contributed by atoms with Crippen molar-refractivity contribution in [1.82, 2.24) is 4.90 Å². The molecule has 6 nitrogen and oxygen atoms in total. The van der Waals surface area contributed by atoms with Crippen molar-refractivity contribution in [3.05, 3.63) is 0 Å². The monoisotopic (exact) mass is 230 g/mol. The fourth-order valence-corrected chi connectivity index (χ4v) is 1.66. The molecular formula is C10H18N2O4.